The molecule has 0 aromatic rings. The highest BCUT2D eigenvalue weighted by molar-refractivity contribution is 5.76. The fourth-order valence-electron chi connectivity index (χ4n) is 10.8. The summed E-state index contributed by atoms with van der Waals surface area (Å²) in [5, 5.41) is 21.4. The number of carboxylic acids is 1. The van der Waals surface area contributed by atoms with Gasteiger partial charge in [-0.3, -0.25) is 4.79 Å². The molecule has 0 radical (unpaired) electrons. The highest BCUT2D eigenvalue weighted by atomic mass is 16.4. The second-order valence-corrected chi connectivity index (χ2v) is 14.5. The van der Waals surface area contributed by atoms with Crippen molar-refractivity contribution in [2.45, 2.75) is 112 Å². The first-order valence-corrected chi connectivity index (χ1v) is 13.9. The van der Waals surface area contributed by atoms with Crippen LogP contribution in [0, 0.1) is 56.7 Å². The van der Waals surface area contributed by atoms with Gasteiger partial charge in [0.2, 0.25) is 0 Å². The van der Waals surface area contributed by atoms with E-state index in [0.29, 0.717) is 23.7 Å². The monoisotopic (exact) mass is 456 g/mol. The Labute approximate surface area is 201 Å². The largest absolute Gasteiger partial charge is 0.481 e. The van der Waals surface area contributed by atoms with Crippen LogP contribution < -0.4 is 0 Å². The van der Waals surface area contributed by atoms with Crippen molar-refractivity contribution < 1.29 is 15.0 Å². The first kappa shape index (κ1) is 23.9. The van der Waals surface area contributed by atoms with Crippen LogP contribution in [0.3, 0.4) is 0 Å². The molecular formula is C30H48O3. The number of fused-ring (bicyclic) bond motifs is 7. The van der Waals surface area contributed by atoms with Crippen LogP contribution in [0.2, 0.25) is 0 Å². The molecule has 0 bridgehead atoms. The van der Waals surface area contributed by atoms with Gasteiger partial charge in [0.05, 0.1) is 11.5 Å². The van der Waals surface area contributed by atoms with E-state index >= 15 is 0 Å². The van der Waals surface area contributed by atoms with E-state index in [0.717, 1.165) is 44.9 Å². The van der Waals surface area contributed by atoms with Gasteiger partial charge in [-0.15, -0.1) is 0 Å². The number of hydrogen-bond donors (Lipinski definition) is 2. The smallest absolute Gasteiger partial charge is 0.310 e. The minimum atomic E-state index is -0.557. The number of allylic oxidation sites excluding steroid dienone is 2. The van der Waals surface area contributed by atoms with Gasteiger partial charge >= 0.3 is 5.97 Å². The van der Waals surface area contributed by atoms with Gasteiger partial charge in [0.25, 0.3) is 0 Å². The molecule has 0 unspecified atom stereocenters. The summed E-state index contributed by atoms with van der Waals surface area (Å²) in [6, 6.07) is 0. The van der Waals surface area contributed by atoms with Crippen LogP contribution in [0.4, 0.5) is 0 Å². The third-order valence-corrected chi connectivity index (χ3v) is 13.4. The van der Waals surface area contributed by atoms with E-state index in [1.54, 1.807) is 0 Å². The van der Waals surface area contributed by atoms with Crippen LogP contribution in [0.15, 0.2) is 11.6 Å². The summed E-state index contributed by atoms with van der Waals surface area (Å²) >= 11 is 0. The number of rotatable bonds is 1. The van der Waals surface area contributed by atoms with Crippen LogP contribution in [0.25, 0.3) is 0 Å². The van der Waals surface area contributed by atoms with Gasteiger partial charge in [0.1, 0.15) is 0 Å². The van der Waals surface area contributed by atoms with E-state index in [4.69, 9.17) is 0 Å². The van der Waals surface area contributed by atoms with Gasteiger partial charge in [-0.1, -0.05) is 60.1 Å². The van der Waals surface area contributed by atoms with Gasteiger partial charge in [-0.25, -0.2) is 0 Å². The third kappa shape index (κ3) is 2.75. The molecule has 2 N–H and O–H groups in total. The van der Waals surface area contributed by atoms with Gasteiger partial charge < -0.3 is 10.2 Å². The van der Waals surface area contributed by atoms with Gasteiger partial charge in [0.15, 0.2) is 0 Å². The predicted octanol–water partition coefficient (Wildman–Crippen LogP) is 7.09. The molecule has 5 aliphatic rings. The van der Waals surface area contributed by atoms with Crippen LogP contribution in [-0.2, 0) is 4.79 Å². The van der Waals surface area contributed by atoms with Crippen molar-refractivity contribution in [2.24, 2.45) is 56.7 Å². The summed E-state index contributed by atoms with van der Waals surface area (Å²) in [4.78, 5) is 12.8. The predicted molar refractivity (Wildman–Crippen MR) is 133 cm³/mol. The number of aliphatic carboxylic acids is 1. The Morgan fingerprint density at radius 3 is 2.27 bits per heavy atom. The molecule has 3 heteroatoms. The lowest BCUT2D eigenvalue weighted by molar-refractivity contribution is -0.206. The molecule has 0 amide bonds. The van der Waals surface area contributed by atoms with E-state index in [9.17, 15) is 15.0 Å². The Morgan fingerprint density at radius 1 is 0.909 bits per heavy atom. The fraction of sp³-hybridized carbons (Fsp3) is 0.900. The van der Waals surface area contributed by atoms with Crippen molar-refractivity contribution in [3.8, 4) is 0 Å². The Balaban J connectivity index is 1.61. The average molecular weight is 457 g/mol. The van der Waals surface area contributed by atoms with E-state index in [1.165, 1.54) is 18.4 Å². The third-order valence-electron chi connectivity index (χ3n) is 13.4. The van der Waals surface area contributed by atoms with E-state index in [1.807, 2.05) is 0 Å². The van der Waals surface area contributed by atoms with Crippen molar-refractivity contribution in [3.63, 3.8) is 0 Å². The molecule has 0 spiro atoms. The van der Waals surface area contributed by atoms with Crippen molar-refractivity contribution in [2.75, 3.05) is 0 Å². The summed E-state index contributed by atoms with van der Waals surface area (Å²) in [6.45, 7) is 17.0. The molecule has 0 aliphatic heterocycles. The van der Waals surface area contributed by atoms with Crippen molar-refractivity contribution in [1.29, 1.82) is 0 Å². The first-order valence-electron chi connectivity index (χ1n) is 13.9. The molecule has 3 nitrogen and oxygen atoms in total. The Bertz CT molecular complexity index is 874. The normalized spacial score (nSPS) is 55.3. The molecule has 0 heterocycles. The van der Waals surface area contributed by atoms with Crippen LogP contribution in [-0.4, -0.2) is 22.3 Å². The Kier molecular flexibility index (Phi) is 5.15. The lowest BCUT2D eigenvalue weighted by Gasteiger charge is -2.71. The summed E-state index contributed by atoms with van der Waals surface area (Å²) in [6.07, 6.45) is 11.6. The van der Waals surface area contributed by atoms with Gasteiger partial charge in [-0.2, -0.15) is 0 Å². The van der Waals surface area contributed by atoms with Crippen LogP contribution in [0.5, 0.6) is 0 Å². The summed E-state index contributed by atoms with van der Waals surface area (Å²) in [7, 11) is 0. The minimum Gasteiger partial charge on any atom is -0.481 e. The Morgan fingerprint density at radius 2 is 1.61 bits per heavy atom. The number of carboxylic acid groups (broad SMARTS) is 1. The summed E-state index contributed by atoms with van der Waals surface area (Å²) in [5.41, 5.74) is 1.46. The maximum absolute atomic E-state index is 12.8. The molecular weight excluding hydrogens is 408 g/mol. The zero-order valence-corrected chi connectivity index (χ0v) is 22.2. The van der Waals surface area contributed by atoms with E-state index < -0.39 is 11.4 Å². The number of carbonyl (C=O) groups is 1. The standard InChI is InChI=1S/C30H48O3/c1-18-10-15-30(25(32)33)17-16-28(6)20(24(30)19(18)2)8-9-22-27(5)13-12-23(31)26(3,4)21(27)11-14-29(22,28)7/h8,18-19,21-24,31H,9-17H2,1-7H3,(H,32,33)/t18-,19+,21+,22+,23-,24+,27-,28+,29-,30-/m0/s1. The molecule has 186 valence electrons. The quantitative estimate of drug-likeness (QED) is 0.414. The zero-order chi connectivity index (χ0) is 24.2. The number of hydrogen-bond acceptors (Lipinski definition) is 2. The van der Waals surface area contributed by atoms with Crippen molar-refractivity contribution >= 4 is 5.97 Å². The SMILES string of the molecule is C[C@@H]1[C@@H](C)CC[C@]2(C(=O)O)CC[C@]3(C)C(=CC[C@@H]4[C@@]5(C)CC[C@H](O)C(C)(C)[C@H]5CC[C@@]43C)[C@@H]12. The molecule has 33 heavy (non-hydrogen) atoms. The maximum Gasteiger partial charge on any atom is 0.310 e. The van der Waals surface area contributed by atoms with E-state index in [2.05, 4.69) is 54.5 Å². The highest BCUT2D eigenvalue weighted by Crippen LogP contribution is 2.75. The van der Waals surface area contributed by atoms with Crippen LogP contribution >= 0.6 is 0 Å². The maximum atomic E-state index is 12.8. The van der Waals surface area contributed by atoms with Gasteiger partial charge in [-0.05, 0) is 109 Å². The fourth-order valence-corrected chi connectivity index (χ4v) is 10.8. The van der Waals surface area contributed by atoms with Crippen molar-refractivity contribution in [1.82, 2.24) is 0 Å². The minimum absolute atomic E-state index is 0.0302. The molecule has 4 fully saturated rings. The topological polar surface area (TPSA) is 57.5 Å². The molecule has 0 aromatic carbocycles. The molecule has 5 rings (SSSR count). The number of aliphatic hydroxyl groups is 1. The summed E-state index contributed by atoms with van der Waals surface area (Å²) in [5.74, 6) is 1.82. The molecule has 0 saturated heterocycles. The lowest BCUT2D eigenvalue weighted by Crippen LogP contribution is -2.65. The molecule has 5 aliphatic carbocycles. The van der Waals surface area contributed by atoms with Crippen molar-refractivity contribution in [3.05, 3.63) is 11.6 Å². The van der Waals surface area contributed by atoms with E-state index in [-0.39, 0.29) is 33.7 Å². The number of aliphatic hydroxyl groups excluding tert-OH is 1. The highest BCUT2D eigenvalue weighted by Gasteiger charge is 2.69. The Hall–Kier alpha value is -0.830. The first-order chi connectivity index (χ1) is 15.3. The second-order valence-electron chi connectivity index (χ2n) is 14.5. The second kappa shape index (κ2) is 7.11. The lowest BCUT2D eigenvalue weighted by atomic mass is 9.33. The van der Waals surface area contributed by atoms with Gasteiger partial charge in [0, 0.05) is 0 Å². The molecule has 4 saturated carbocycles. The summed E-state index contributed by atoms with van der Waals surface area (Å²) < 4.78 is 0. The molecule has 10 atom stereocenters. The molecule has 0 aromatic heterocycles. The zero-order valence-electron chi connectivity index (χ0n) is 22.2. The van der Waals surface area contributed by atoms with Crippen LogP contribution in [0.1, 0.15) is 106 Å². The average Bonchev–Trinajstić information content (AvgIpc) is 2.74.